The lowest BCUT2D eigenvalue weighted by Crippen LogP contribution is -2.05. The van der Waals surface area contributed by atoms with Crippen LogP contribution >= 0.6 is 23.2 Å². The van der Waals surface area contributed by atoms with Gasteiger partial charge in [0.25, 0.3) is 0 Å². The van der Waals surface area contributed by atoms with Crippen LogP contribution in [0, 0.1) is 0 Å². The Kier molecular flexibility index (Phi) is 6.36. The first kappa shape index (κ1) is 20.4. The molecule has 0 bridgehead atoms. The van der Waals surface area contributed by atoms with Crippen molar-refractivity contribution < 1.29 is 17.9 Å². The van der Waals surface area contributed by atoms with Crippen molar-refractivity contribution in [2.45, 2.75) is 25.4 Å². The van der Waals surface area contributed by atoms with Gasteiger partial charge in [-0.1, -0.05) is 35.3 Å². The first-order chi connectivity index (χ1) is 13.3. The van der Waals surface area contributed by atoms with Crippen LogP contribution in [0.3, 0.4) is 0 Å². The van der Waals surface area contributed by atoms with E-state index in [2.05, 4.69) is 15.0 Å². The van der Waals surface area contributed by atoms with Crippen LogP contribution in [-0.2, 0) is 19.0 Å². The molecule has 0 aliphatic carbocycles. The predicted molar refractivity (Wildman–Crippen MR) is 99.8 cm³/mol. The van der Waals surface area contributed by atoms with Gasteiger partial charge in [-0.3, -0.25) is 0 Å². The van der Waals surface area contributed by atoms with E-state index in [1.54, 1.807) is 12.1 Å². The molecule has 2 heterocycles. The zero-order valence-corrected chi connectivity index (χ0v) is 15.9. The first-order valence-electron chi connectivity index (χ1n) is 8.28. The van der Waals surface area contributed by atoms with Crippen molar-refractivity contribution in [2.24, 2.45) is 0 Å². The highest BCUT2D eigenvalue weighted by Crippen LogP contribution is 2.30. The van der Waals surface area contributed by atoms with Gasteiger partial charge in [-0.25, -0.2) is 15.0 Å². The normalized spacial score (nSPS) is 11.5. The van der Waals surface area contributed by atoms with Crippen molar-refractivity contribution in [2.75, 3.05) is 0 Å². The number of alkyl halides is 3. The van der Waals surface area contributed by atoms with Crippen molar-refractivity contribution >= 4 is 23.2 Å². The summed E-state index contributed by atoms with van der Waals surface area (Å²) in [5.41, 5.74) is 0.958. The fourth-order valence-electron chi connectivity index (χ4n) is 2.47. The second kappa shape index (κ2) is 8.75. The number of ether oxygens (including phenoxy) is 1. The minimum Gasteiger partial charge on any atom is -0.439 e. The molecule has 0 amide bonds. The molecule has 0 radical (unpaired) electrons. The number of pyridine rings is 1. The van der Waals surface area contributed by atoms with Crippen LogP contribution in [0.25, 0.3) is 0 Å². The van der Waals surface area contributed by atoms with Crippen molar-refractivity contribution in [3.63, 3.8) is 0 Å². The summed E-state index contributed by atoms with van der Waals surface area (Å²) in [4.78, 5) is 11.6. The van der Waals surface area contributed by atoms with Gasteiger partial charge in [-0.15, -0.1) is 0 Å². The number of benzene rings is 1. The van der Waals surface area contributed by atoms with E-state index < -0.39 is 11.7 Å². The molecule has 0 aliphatic heterocycles. The van der Waals surface area contributed by atoms with E-state index in [0.29, 0.717) is 22.9 Å². The van der Waals surface area contributed by atoms with Crippen molar-refractivity contribution in [3.05, 3.63) is 75.9 Å². The lowest BCUT2D eigenvalue weighted by Gasteiger charge is -2.09. The first-order valence-corrected chi connectivity index (χ1v) is 9.03. The molecule has 146 valence electrons. The maximum Gasteiger partial charge on any atom is 0.417 e. The Morgan fingerprint density at radius 1 is 0.893 bits per heavy atom. The third-order valence-corrected chi connectivity index (χ3v) is 4.69. The summed E-state index contributed by atoms with van der Waals surface area (Å²) in [5.74, 6) is 0.581. The molecule has 0 spiro atoms. The van der Waals surface area contributed by atoms with Gasteiger partial charge < -0.3 is 4.74 Å². The van der Waals surface area contributed by atoms with Crippen molar-refractivity contribution in [3.8, 4) is 11.6 Å². The number of hydrogen-bond acceptors (Lipinski definition) is 4. The Morgan fingerprint density at radius 3 is 2.29 bits per heavy atom. The van der Waals surface area contributed by atoms with Crippen LogP contribution in [-0.4, -0.2) is 15.0 Å². The molecule has 4 nitrogen and oxygen atoms in total. The molecule has 3 rings (SSSR count). The summed E-state index contributed by atoms with van der Waals surface area (Å²) in [6.45, 7) is 0. The molecule has 0 saturated heterocycles. The standard InChI is InChI=1S/C19H14Cl2F3N3O/c20-17-15(26-11-27-18(17)21)3-1-2-12-4-7-14(8-5-12)28-16-9-6-13(10-25-16)19(22,23)24/h4-11H,1-3H2. The molecule has 2 aromatic heterocycles. The number of halogens is 5. The summed E-state index contributed by atoms with van der Waals surface area (Å²) < 4.78 is 43.1. The Bertz CT molecular complexity index is 933. The molecule has 0 aliphatic rings. The highest BCUT2D eigenvalue weighted by molar-refractivity contribution is 6.41. The Labute approximate surface area is 169 Å². The molecule has 28 heavy (non-hydrogen) atoms. The average molecular weight is 428 g/mol. The summed E-state index contributed by atoms with van der Waals surface area (Å²) in [6.07, 6.45) is -0.0347. The summed E-state index contributed by atoms with van der Waals surface area (Å²) >= 11 is 11.9. The summed E-state index contributed by atoms with van der Waals surface area (Å²) in [6, 6.07) is 9.36. The van der Waals surface area contributed by atoms with E-state index in [0.717, 1.165) is 30.7 Å². The van der Waals surface area contributed by atoms with Crippen molar-refractivity contribution in [1.82, 2.24) is 15.0 Å². The van der Waals surface area contributed by atoms with Gasteiger partial charge in [0.2, 0.25) is 5.88 Å². The number of hydrogen-bond donors (Lipinski definition) is 0. The quantitative estimate of drug-likeness (QED) is 0.441. The van der Waals surface area contributed by atoms with Crippen LogP contribution in [0.4, 0.5) is 13.2 Å². The second-order valence-electron chi connectivity index (χ2n) is 5.91. The lowest BCUT2D eigenvalue weighted by molar-refractivity contribution is -0.137. The zero-order chi connectivity index (χ0) is 20.1. The van der Waals surface area contributed by atoms with E-state index in [-0.39, 0.29) is 11.0 Å². The molecule has 9 heteroatoms. The smallest absolute Gasteiger partial charge is 0.417 e. The summed E-state index contributed by atoms with van der Waals surface area (Å²) in [5, 5.41) is 0.613. The van der Waals surface area contributed by atoms with E-state index in [9.17, 15) is 13.2 Å². The van der Waals surface area contributed by atoms with Crippen LogP contribution in [0.1, 0.15) is 23.2 Å². The van der Waals surface area contributed by atoms with Gasteiger partial charge in [0.15, 0.2) is 5.15 Å². The lowest BCUT2D eigenvalue weighted by atomic mass is 10.1. The third kappa shape index (κ3) is 5.33. The minimum absolute atomic E-state index is 0.0935. The molecule has 0 atom stereocenters. The molecular weight excluding hydrogens is 414 g/mol. The Hall–Kier alpha value is -2.38. The SMILES string of the molecule is FC(F)(F)c1ccc(Oc2ccc(CCCc3ncnc(Cl)c3Cl)cc2)nc1. The fourth-order valence-corrected chi connectivity index (χ4v) is 2.81. The second-order valence-corrected chi connectivity index (χ2v) is 6.64. The predicted octanol–water partition coefficient (Wildman–Crippen LogP) is 6.16. The molecular formula is C19H14Cl2F3N3O. The number of rotatable bonds is 6. The van der Waals surface area contributed by atoms with Crippen molar-refractivity contribution in [1.29, 1.82) is 0 Å². The fraction of sp³-hybridized carbons (Fsp3) is 0.211. The van der Waals surface area contributed by atoms with E-state index >= 15 is 0 Å². The van der Waals surface area contributed by atoms with Crippen LogP contribution < -0.4 is 4.74 Å². The molecule has 0 fully saturated rings. The highest BCUT2D eigenvalue weighted by Gasteiger charge is 2.30. The Balaban J connectivity index is 1.54. The van der Waals surface area contributed by atoms with Gasteiger partial charge >= 0.3 is 6.18 Å². The maximum atomic E-state index is 12.5. The topological polar surface area (TPSA) is 47.9 Å². The highest BCUT2D eigenvalue weighted by atomic mass is 35.5. The van der Waals surface area contributed by atoms with Gasteiger partial charge in [-0.2, -0.15) is 13.2 Å². The van der Waals surface area contributed by atoms with Gasteiger partial charge in [0, 0.05) is 12.3 Å². The largest absolute Gasteiger partial charge is 0.439 e. The van der Waals surface area contributed by atoms with Crippen LogP contribution in [0.5, 0.6) is 11.6 Å². The number of aryl methyl sites for hydroxylation is 2. The number of aromatic nitrogens is 3. The van der Waals surface area contributed by atoms with E-state index in [4.69, 9.17) is 27.9 Å². The molecule has 0 unspecified atom stereocenters. The third-order valence-electron chi connectivity index (χ3n) is 3.91. The molecule has 3 aromatic rings. The zero-order valence-electron chi connectivity index (χ0n) is 14.4. The number of nitrogens with zero attached hydrogens (tertiary/aromatic N) is 3. The molecule has 1 aromatic carbocycles. The maximum absolute atomic E-state index is 12.5. The van der Waals surface area contributed by atoms with Gasteiger partial charge in [0.1, 0.15) is 12.1 Å². The van der Waals surface area contributed by atoms with Crippen LogP contribution in [0.15, 0.2) is 48.9 Å². The monoisotopic (exact) mass is 427 g/mol. The molecule has 0 saturated carbocycles. The summed E-state index contributed by atoms with van der Waals surface area (Å²) in [7, 11) is 0. The average Bonchev–Trinajstić information content (AvgIpc) is 2.66. The van der Waals surface area contributed by atoms with Gasteiger partial charge in [-0.05, 0) is 43.0 Å². The van der Waals surface area contributed by atoms with Crippen LogP contribution in [0.2, 0.25) is 10.2 Å². The minimum atomic E-state index is -4.42. The molecule has 0 N–H and O–H groups in total. The van der Waals surface area contributed by atoms with E-state index in [1.807, 2.05) is 12.1 Å². The van der Waals surface area contributed by atoms with E-state index in [1.165, 1.54) is 12.4 Å². The van der Waals surface area contributed by atoms with Gasteiger partial charge in [0.05, 0.1) is 16.3 Å². The Morgan fingerprint density at radius 2 is 1.64 bits per heavy atom.